The Morgan fingerprint density at radius 3 is 2.63 bits per heavy atom. The molecule has 5 rings (SSSR count). The largest absolute Gasteiger partial charge is 0.457 e. The number of rotatable bonds is 5. The molecule has 0 spiro atoms. The van der Waals surface area contributed by atoms with Crippen LogP contribution in [0.2, 0.25) is 0 Å². The van der Waals surface area contributed by atoms with Crippen LogP contribution in [0.1, 0.15) is 23.3 Å². The molecule has 0 aliphatic carbocycles. The normalized spacial score (nSPS) is 17.7. The summed E-state index contributed by atoms with van der Waals surface area (Å²) in [4.78, 5) is 34.5. The molecule has 2 aliphatic heterocycles. The Morgan fingerprint density at radius 1 is 1.09 bits per heavy atom. The van der Waals surface area contributed by atoms with Crippen LogP contribution in [-0.2, 0) is 4.79 Å². The second kappa shape index (κ2) is 9.95. The molecule has 2 amide bonds. The highest BCUT2D eigenvalue weighted by Gasteiger charge is 2.32. The number of aromatic nitrogens is 1. The van der Waals surface area contributed by atoms with Gasteiger partial charge in [-0.3, -0.25) is 14.6 Å². The fourth-order valence-electron chi connectivity index (χ4n) is 4.27. The van der Waals surface area contributed by atoms with Gasteiger partial charge in [-0.15, -0.1) is 11.8 Å². The maximum Gasteiger partial charge on any atom is 0.270 e. The van der Waals surface area contributed by atoms with E-state index in [4.69, 9.17) is 4.74 Å². The summed E-state index contributed by atoms with van der Waals surface area (Å²) in [5.41, 5.74) is 1.22. The topological polar surface area (TPSA) is 74.8 Å². The fraction of sp³-hybridized carbons (Fsp3) is 0.269. The van der Waals surface area contributed by atoms with Crippen molar-refractivity contribution in [2.24, 2.45) is 0 Å². The van der Waals surface area contributed by atoms with Gasteiger partial charge < -0.3 is 19.9 Å². The summed E-state index contributed by atoms with van der Waals surface area (Å²) in [6, 6.07) is 14.9. The number of amides is 2. The molecule has 1 saturated heterocycles. The minimum absolute atomic E-state index is 0.142. The van der Waals surface area contributed by atoms with E-state index in [2.05, 4.69) is 10.3 Å². The van der Waals surface area contributed by atoms with Crippen LogP contribution < -0.4 is 19.9 Å². The Bertz CT molecular complexity index is 1250. The van der Waals surface area contributed by atoms with Crippen molar-refractivity contribution in [3.05, 3.63) is 72.3 Å². The van der Waals surface area contributed by atoms with Crippen molar-refractivity contribution in [3.63, 3.8) is 0 Å². The number of pyridine rings is 1. The summed E-state index contributed by atoms with van der Waals surface area (Å²) >= 11 is 1.43. The molecule has 7 nitrogen and oxygen atoms in total. The van der Waals surface area contributed by atoms with Crippen LogP contribution in [0, 0.1) is 5.82 Å². The minimum Gasteiger partial charge on any atom is -0.457 e. The van der Waals surface area contributed by atoms with Crippen molar-refractivity contribution in [3.8, 4) is 11.5 Å². The van der Waals surface area contributed by atoms with Crippen molar-refractivity contribution in [1.82, 2.24) is 10.3 Å². The second-order valence-electron chi connectivity index (χ2n) is 8.49. The van der Waals surface area contributed by atoms with Crippen molar-refractivity contribution in [1.29, 1.82) is 0 Å². The average Bonchev–Trinajstić information content (AvgIpc) is 3.38. The molecule has 9 heteroatoms. The number of likely N-dealkylation sites (N-methyl/N-ethyl adjacent to an activating group) is 1. The van der Waals surface area contributed by atoms with E-state index in [1.807, 2.05) is 41.3 Å². The van der Waals surface area contributed by atoms with Crippen molar-refractivity contribution in [2.45, 2.75) is 23.8 Å². The van der Waals surface area contributed by atoms with Crippen molar-refractivity contribution < 1.29 is 18.7 Å². The summed E-state index contributed by atoms with van der Waals surface area (Å²) in [5, 5.41) is 2.79. The van der Waals surface area contributed by atoms with Gasteiger partial charge >= 0.3 is 0 Å². The molecular weight excluding hydrogens is 467 g/mol. The van der Waals surface area contributed by atoms with E-state index in [1.54, 1.807) is 13.1 Å². The summed E-state index contributed by atoms with van der Waals surface area (Å²) in [7, 11) is 1.60. The number of hydrogen-bond donors (Lipinski definition) is 1. The molecule has 3 aromatic rings. The molecule has 0 unspecified atom stereocenters. The van der Waals surface area contributed by atoms with E-state index < -0.39 is 11.9 Å². The first-order valence-corrected chi connectivity index (χ1v) is 12.5. The Morgan fingerprint density at radius 2 is 1.86 bits per heavy atom. The molecule has 1 aromatic heterocycles. The number of benzene rings is 2. The summed E-state index contributed by atoms with van der Waals surface area (Å²) in [5.74, 6) is 0.300. The summed E-state index contributed by atoms with van der Waals surface area (Å²) in [6.45, 7) is 1.65. The lowest BCUT2D eigenvalue weighted by atomic mass is 10.2. The molecule has 180 valence electrons. The van der Waals surface area contributed by atoms with Gasteiger partial charge in [-0.25, -0.2) is 4.39 Å². The van der Waals surface area contributed by atoms with Crippen LogP contribution in [-0.4, -0.2) is 48.7 Å². The van der Waals surface area contributed by atoms with Gasteiger partial charge in [0.05, 0.1) is 11.4 Å². The summed E-state index contributed by atoms with van der Waals surface area (Å²) < 4.78 is 20.7. The Kier molecular flexibility index (Phi) is 6.59. The lowest BCUT2D eigenvalue weighted by Gasteiger charge is -2.24. The molecular formula is C26H25FN4O3S. The van der Waals surface area contributed by atoms with E-state index >= 15 is 0 Å². The standard InChI is InChI=1S/C26H25FN4O3S/c1-30-23-14-19(27)22(31-11-5-6-12-31)15-24(23)35-16-21(26(30)33)29-25(32)20-13-18(9-10-28-20)34-17-7-3-2-4-8-17/h2-4,7-10,13-15,21H,5-6,11-12,16H2,1H3,(H,29,32)/t21-/m0/s1. The Labute approximate surface area is 207 Å². The molecule has 0 radical (unpaired) electrons. The van der Waals surface area contributed by atoms with Crippen LogP contribution >= 0.6 is 11.8 Å². The van der Waals surface area contributed by atoms with Gasteiger partial charge in [-0.1, -0.05) is 18.2 Å². The number of fused-ring (bicyclic) bond motifs is 1. The first-order valence-electron chi connectivity index (χ1n) is 11.5. The first kappa shape index (κ1) is 23.2. The molecule has 3 heterocycles. The Balaban J connectivity index is 1.31. The number of anilines is 2. The van der Waals surface area contributed by atoms with Gasteiger partial charge in [0.25, 0.3) is 5.91 Å². The number of thioether (sulfide) groups is 1. The first-order chi connectivity index (χ1) is 17.0. The quantitative estimate of drug-likeness (QED) is 0.566. The van der Waals surface area contributed by atoms with Gasteiger partial charge in [0.2, 0.25) is 5.91 Å². The predicted octanol–water partition coefficient (Wildman–Crippen LogP) is 4.48. The highest BCUT2D eigenvalue weighted by molar-refractivity contribution is 7.99. The van der Waals surface area contributed by atoms with Gasteiger partial charge in [-0.05, 0) is 37.1 Å². The zero-order valence-corrected chi connectivity index (χ0v) is 20.1. The SMILES string of the molecule is CN1C(=O)[C@@H](NC(=O)c2cc(Oc3ccccc3)ccn2)CSc2cc(N3CCCC3)c(F)cc21. The predicted molar refractivity (Wildman–Crippen MR) is 134 cm³/mol. The Hall–Kier alpha value is -3.59. The van der Waals surface area contributed by atoms with Crippen LogP contribution in [0.3, 0.4) is 0 Å². The fourth-order valence-corrected chi connectivity index (χ4v) is 5.38. The molecule has 1 N–H and O–H groups in total. The number of nitrogens with zero attached hydrogens (tertiary/aromatic N) is 3. The second-order valence-corrected chi connectivity index (χ2v) is 9.55. The van der Waals surface area contributed by atoms with Crippen LogP contribution in [0.4, 0.5) is 15.8 Å². The highest BCUT2D eigenvalue weighted by Crippen LogP contribution is 2.39. The van der Waals surface area contributed by atoms with Crippen LogP contribution in [0.5, 0.6) is 11.5 Å². The number of carbonyl (C=O) groups is 2. The molecule has 0 bridgehead atoms. The highest BCUT2D eigenvalue weighted by atomic mass is 32.2. The molecule has 2 aliphatic rings. The van der Waals surface area contributed by atoms with Crippen LogP contribution in [0.15, 0.2) is 65.7 Å². The van der Waals surface area contributed by atoms with Gasteiger partial charge in [0, 0.05) is 49.1 Å². The van der Waals surface area contributed by atoms with Crippen molar-refractivity contribution in [2.75, 3.05) is 35.7 Å². The van der Waals surface area contributed by atoms with Gasteiger partial charge in [0.1, 0.15) is 29.1 Å². The van der Waals surface area contributed by atoms with E-state index in [1.165, 1.54) is 35.0 Å². The number of halogens is 1. The maximum atomic E-state index is 14.9. The smallest absolute Gasteiger partial charge is 0.270 e. The number of ether oxygens (including phenoxy) is 1. The van der Waals surface area contributed by atoms with Crippen LogP contribution in [0.25, 0.3) is 0 Å². The minimum atomic E-state index is -0.788. The maximum absolute atomic E-state index is 14.9. The number of nitrogens with one attached hydrogen (secondary N) is 1. The van der Waals surface area contributed by atoms with E-state index in [0.717, 1.165) is 30.8 Å². The molecule has 0 saturated carbocycles. The van der Waals surface area contributed by atoms with Gasteiger partial charge in [-0.2, -0.15) is 0 Å². The third-order valence-electron chi connectivity index (χ3n) is 6.12. The third-order valence-corrected chi connectivity index (χ3v) is 7.26. The van der Waals surface area contributed by atoms with E-state index in [9.17, 15) is 14.0 Å². The number of carbonyl (C=O) groups excluding carboxylic acids is 2. The average molecular weight is 493 g/mol. The molecule has 2 aromatic carbocycles. The zero-order valence-electron chi connectivity index (χ0n) is 19.2. The summed E-state index contributed by atoms with van der Waals surface area (Å²) in [6.07, 6.45) is 3.57. The van der Waals surface area contributed by atoms with Crippen molar-refractivity contribution >= 4 is 35.0 Å². The van der Waals surface area contributed by atoms with E-state index in [0.29, 0.717) is 28.6 Å². The molecule has 1 atom stereocenters. The third kappa shape index (κ3) is 4.95. The van der Waals surface area contributed by atoms with Gasteiger partial charge in [0.15, 0.2) is 0 Å². The number of para-hydroxylation sites is 1. The lowest BCUT2D eigenvalue weighted by Crippen LogP contribution is -2.48. The lowest BCUT2D eigenvalue weighted by molar-refractivity contribution is -0.119. The molecule has 1 fully saturated rings. The monoisotopic (exact) mass is 492 g/mol. The van der Waals surface area contributed by atoms with E-state index in [-0.39, 0.29) is 17.4 Å². The number of hydrogen-bond acceptors (Lipinski definition) is 6. The molecule has 35 heavy (non-hydrogen) atoms. The zero-order chi connectivity index (χ0) is 24.4.